The fourth-order valence-electron chi connectivity index (χ4n) is 3.50. The molecule has 0 saturated carbocycles. The molecule has 1 aromatic heterocycles. The lowest BCUT2D eigenvalue weighted by Crippen LogP contribution is -2.33. The molecule has 3 N–H and O–H groups in total. The second kappa shape index (κ2) is 8.19. The lowest BCUT2D eigenvalue weighted by atomic mass is 9.99. The molecule has 0 unspecified atom stereocenters. The van der Waals surface area contributed by atoms with Crippen molar-refractivity contribution in [2.45, 2.75) is 12.5 Å². The van der Waals surface area contributed by atoms with E-state index in [0.29, 0.717) is 27.9 Å². The number of methoxy groups -OCH3 is 2. The molecule has 4 rings (SSSR count). The molecule has 10 heteroatoms. The van der Waals surface area contributed by atoms with Gasteiger partial charge in [0.05, 0.1) is 31.7 Å². The Kier molecular flexibility index (Phi) is 5.43. The Bertz CT molecular complexity index is 1280. The van der Waals surface area contributed by atoms with Crippen LogP contribution in [0.4, 0.5) is 0 Å². The van der Waals surface area contributed by atoms with Gasteiger partial charge in [0.1, 0.15) is 17.1 Å². The third kappa shape index (κ3) is 3.75. The smallest absolute Gasteiger partial charge is 0.335 e. The molecule has 2 heterocycles. The van der Waals surface area contributed by atoms with Crippen LogP contribution in [0, 0.1) is 0 Å². The number of nitrogens with zero attached hydrogens (tertiary/aromatic N) is 2. The first-order chi connectivity index (χ1) is 14.9. The summed E-state index contributed by atoms with van der Waals surface area (Å²) in [6.45, 7) is 0. The maximum absolute atomic E-state index is 12.5. The number of hydrogen-bond acceptors (Lipinski definition) is 7. The number of aromatic hydroxyl groups is 1. The van der Waals surface area contributed by atoms with Crippen LogP contribution in [0.1, 0.15) is 23.6 Å². The minimum atomic E-state index is -0.772. The van der Waals surface area contributed by atoms with Gasteiger partial charge in [-0.15, -0.1) is 0 Å². The second-order valence-corrected chi connectivity index (χ2v) is 7.26. The van der Waals surface area contributed by atoms with Crippen LogP contribution in [0.3, 0.4) is 0 Å². The zero-order valence-electron chi connectivity index (χ0n) is 16.7. The first kappa shape index (κ1) is 20.5. The first-order valence-corrected chi connectivity index (χ1v) is 9.69. The monoisotopic (exact) mass is 442 g/mol. The summed E-state index contributed by atoms with van der Waals surface area (Å²) in [5, 5.41) is 15.6. The summed E-state index contributed by atoms with van der Waals surface area (Å²) in [4.78, 5) is 27.2. The fourth-order valence-corrected chi connectivity index (χ4v) is 3.63. The highest BCUT2D eigenvalue weighted by molar-refractivity contribution is 6.30. The van der Waals surface area contributed by atoms with Crippen LogP contribution in [0.25, 0.3) is 5.69 Å². The zero-order valence-corrected chi connectivity index (χ0v) is 17.4. The molecule has 0 spiro atoms. The van der Waals surface area contributed by atoms with Crippen LogP contribution >= 0.6 is 11.6 Å². The SMILES string of the molecule is COc1ccc(OC)c([C@@H]2CC(c3c(O)n(-c4ccc(Cl)cc4)c(=O)[nH]c3=O)=NN2)c1. The summed E-state index contributed by atoms with van der Waals surface area (Å²) in [5.74, 6) is 0.761. The van der Waals surface area contributed by atoms with Crippen LogP contribution in [0.15, 0.2) is 57.2 Å². The van der Waals surface area contributed by atoms with Gasteiger partial charge in [-0.1, -0.05) is 11.6 Å². The average Bonchev–Trinajstić information content (AvgIpc) is 3.23. The Labute approximate surface area is 181 Å². The maximum Gasteiger partial charge on any atom is 0.335 e. The minimum Gasteiger partial charge on any atom is -0.497 e. The fraction of sp³-hybridized carbons (Fsp3) is 0.190. The Balaban J connectivity index is 1.74. The summed E-state index contributed by atoms with van der Waals surface area (Å²) in [6, 6.07) is 11.3. The first-order valence-electron chi connectivity index (χ1n) is 9.31. The molecule has 0 amide bonds. The number of hydrazone groups is 1. The van der Waals surface area contributed by atoms with E-state index < -0.39 is 17.1 Å². The highest BCUT2D eigenvalue weighted by Crippen LogP contribution is 2.34. The van der Waals surface area contributed by atoms with Gasteiger partial charge in [0.25, 0.3) is 5.56 Å². The summed E-state index contributed by atoms with van der Waals surface area (Å²) in [7, 11) is 3.12. The number of hydrogen-bond donors (Lipinski definition) is 3. The third-order valence-corrected chi connectivity index (χ3v) is 5.28. The van der Waals surface area contributed by atoms with Crippen LogP contribution in [-0.4, -0.2) is 34.6 Å². The Morgan fingerprint density at radius 1 is 1.13 bits per heavy atom. The number of rotatable bonds is 5. The number of aromatic nitrogens is 2. The molecule has 0 aliphatic carbocycles. The predicted molar refractivity (Wildman–Crippen MR) is 116 cm³/mol. The number of benzene rings is 2. The van der Waals surface area contributed by atoms with Crippen molar-refractivity contribution in [3.63, 3.8) is 0 Å². The van der Waals surface area contributed by atoms with Crippen LogP contribution < -0.4 is 26.1 Å². The molecule has 2 aromatic carbocycles. The van der Waals surface area contributed by atoms with Gasteiger partial charge in [0, 0.05) is 17.0 Å². The van der Waals surface area contributed by atoms with E-state index in [9.17, 15) is 14.7 Å². The molecule has 1 atom stereocenters. The van der Waals surface area contributed by atoms with E-state index in [2.05, 4.69) is 15.5 Å². The Hall–Kier alpha value is -3.72. The van der Waals surface area contributed by atoms with Gasteiger partial charge in [-0.3, -0.25) is 9.78 Å². The van der Waals surface area contributed by atoms with Crippen molar-refractivity contribution >= 4 is 17.3 Å². The van der Waals surface area contributed by atoms with Crippen LogP contribution in [0.2, 0.25) is 5.02 Å². The molecule has 9 nitrogen and oxygen atoms in total. The van der Waals surface area contributed by atoms with Crippen molar-refractivity contribution in [1.82, 2.24) is 15.0 Å². The van der Waals surface area contributed by atoms with E-state index in [1.54, 1.807) is 50.6 Å². The molecule has 0 saturated heterocycles. The lowest BCUT2D eigenvalue weighted by Gasteiger charge is -2.16. The molecule has 1 aliphatic heterocycles. The molecule has 0 bridgehead atoms. The second-order valence-electron chi connectivity index (χ2n) is 6.82. The highest BCUT2D eigenvalue weighted by atomic mass is 35.5. The van der Waals surface area contributed by atoms with Gasteiger partial charge >= 0.3 is 5.69 Å². The van der Waals surface area contributed by atoms with Gasteiger partial charge in [0.15, 0.2) is 0 Å². The summed E-state index contributed by atoms with van der Waals surface area (Å²) >= 11 is 5.91. The Morgan fingerprint density at radius 3 is 2.55 bits per heavy atom. The molecule has 160 valence electrons. The van der Waals surface area contributed by atoms with E-state index in [4.69, 9.17) is 21.1 Å². The Morgan fingerprint density at radius 2 is 1.87 bits per heavy atom. The largest absolute Gasteiger partial charge is 0.497 e. The molecule has 1 aliphatic rings. The molecule has 31 heavy (non-hydrogen) atoms. The van der Waals surface area contributed by atoms with Gasteiger partial charge in [-0.2, -0.15) is 5.10 Å². The van der Waals surface area contributed by atoms with Gasteiger partial charge in [0.2, 0.25) is 5.88 Å². The van der Waals surface area contributed by atoms with Gasteiger partial charge in [-0.05, 0) is 42.5 Å². The zero-order chi connectivity index (χ0) is 22.1. The van der Waals surface area contributed by atoms with Crippen molar-refractivity contribution in [2.24, 2.45) is 5.10 Å². The summed E-state index contributed by atoms with van der Waals surface area (Å²) in [5.41, 5.74) is 2.80. The lowest BCUT2D eigenvalue weighted by molar-refractivity contribution is 0.392. The molecule has 3 aromatic rings. The standard InChI is InChI=1S/C21H19ClN4O5/c1-30-13-7-8-17(31-2)14(9-13)15-10-16(25-24-15)18-19(27)23-21(29)26(20(18)28)12-5-3-11(22)4-6-12/h3-9,15,24,28H,10H2,1-2H3,(H,23,27,29)/t15-/m0/s1. The van der Waals surface area contributed by atoms with E-state index in [1.165, 1.54) is 0 Å². The van der Waals surface area contributed by atoms with Crippen molar-refractivity contribution in [1.29, 1.82) is 0 Å². The van der Waals surface area contributed by atoms with Crippen molar-refractivity contribution in [3.05, 3.63) is 79.5 Å². The van der Waals surface area contributed by atoms with E-state index in [1.807, 2.05) is 6.07 Å². The van der Waals surface area contributed by atoms with E-state index in [-0.39, 0.29) is 18.0 Å². The van der Waals surface area contributed by atoms with E-state index >= 15 is 0 Å². The van der Waals surface area contributed by atoms with Crippen molar-refractivity contribution in [3.8, 4) is 23.1 Å². The summed E-state index contributed by atoms with van der Waals surface area (Å²) < 4.78 is 11.7. The highest BCUT2D eigenvalue weighted by Gasteiger charge is 2.29. The number of nitrogens with one attached hydrogen (secondary N) is 2. The van der Waals surface area contributed by atoms with Gasteiger partial charge < -0.3 is 20.0 Å². The third-order valence-electron chi connectivity index (χ3n) is 5.02. The summed E-state index contributed by atoms with van der Waals surface area (Å²) in [6.07, 6.45) is 0.277. The topological polar surface area (TPSA) is 118 Å². The minimum absolute atomic E-state index is 0.0913. The molecule has 0 fully saturated rings. The maximum atomic E-state index is 12.5. The molecular formula is C21H19ClN4O5. The molecular weight excluding hydrogens is 424 g/mol. The van der Waals surface area contributed by atoms with Crippen molar-refractivity contribution < 1.29 is 14.6 Å². The number of aromatic amines is 1. The number of H-pyrrole nitrogens is 1. The quantitative estimate of drug-likeness (QED) is 0.558. The van der Waals surface area contributed by atoms with Crippen LogP contribution in [-0.2, 0) is 0 Å². The van der Waals surface area contributed by atoms with E-state index in [0.717, 1.165) is 10.1 Å². The number of halogens is 1. The predicted octanol–water partition coefficient (Wildman–Crippen LogP) is 2.34. The van der Waals surface area contributed by atoms with Crippen LogP contribution in [0.5, 0.6) is 17.4 Å². The molecule has 0 radical (unpaired) electrons. The normalized spacial score (nSPS) is 15.3. The number of ether oxygens (including phenoxy) is 2. The average molecular weight is 443 g/mol. The van der Waals surface area contributed by atoms with Crippen molar-refractivity contribution in [2.75, 3.05) is 14.2 Å². The van der Waals surface area contributed by atoms with Gasteiger partial charge in [-0.25, -0.2) is 9.36 Å².